The summed E-state index contributed by atoms with van der Waals surface area (Å²) in [6.45, 7) is 5.86. The van der Waals surface area contributed by atoms with Crippen LogP contribution in [0.25, 0.3) is 5.69 Å². The van der Waals surface area contributed by atoms with E-state index in [1.165, 1.54) is 23.9 Å². The topological polar surface area (TPSA) is 66.9 Å². The van der Waals surface area contributed by atoms with Gasteiger partial charge in [-0.1, -0.05) is 32.6 Å². The van der Waals surface area contributed by atoms with E-state index in [0.29, 0.717) is 6.42 Å². The lowest BCUT2D eigenvalue weighted by molar-refractivity contribution is -0.116. The number of unbranched alkanes of at least 4 members (excludes halogenated alkanes) is 4. The fourth-order valence-corrected chi connectivity index (χ4v) is 2.62. The first-order valence-corrected chi connectivity index (χ1v) is 8.71. The van der Waals surface area contributed by atoms with Crippen molar-refractivity contribution in [2.75, 3.05) is 5.32 Å². The van der Waals surface area contributed by atoms with Gasteiger partial charge >= 0.3 is 0 Å². The van der Waals surface area contributed by atoms with Gasteiger partial charge in [-0.15, -0.1) is 0 Å². The number of carbonyl (C=O) groups excluding carboxylic acids is 1. The second-order valence-electron chi connectivity index (χ2n) is 6.26. The fourth-order valence-electron chi connectivity index (χ4n) is 2.62. The van der Waals surface area contributed by atoms with Crippen molar-refractivity contribution in [1.82, 2.24) is 9.78 Å². The van der Waals surface area contributed by atoms with Crippen molar-refractivity contribution < 1.29 is 4.79 Å². The van der Waals surface area contributed by atoms with Gasteiger partial charge in [-0.25, -0.2) is 4.68 Å². The van der Waals surface area contributed by atoms with Gasteiger partial charge in [-0.05, 0) is 44.5 Å². The summed E-state index contributed by atoms with van der Waals surface area (Å²) in [6.07, 6.45) is 6.23. The Balaban J connectivity index is 1.91. The summed E-state index contributed by atoms with van der Waals surface area (Å²) in [6, 6.07) is 7.30. The lowest BCUT2D eigenvalue weighted by atomic mass is 10.1. The van der Waals surface area contributed by atoms with Crippen LogP contribution < -0.4 is 10.9 Å². The van der Waals surface area contributed by atoms with Crippen molar-refractivity contribution in [2.24, 2.45) is 0 Å². The molecule has 0 aliphatic carbocycles. The number of aromatic amines is 1. The lowest BCUT2D eigenvalue weighted by Gasteiger charge is -2.07. The Hall–Kier alpha value is -2.30. The zero-order chi connectivity index (χ0) is 17.5. The van der Waals surface area contributed by atoms with Crippen molar-refractivity contribution in [2.45, 2.75) is 59.3 Å². The SMILES string of the molecule is CCCCCCCC(=O)Nc1ccc(-n2[nH]c(C)c(C)c2=O)cc1. The summed E-state index contributed by atoms with van der Waals surface area (Å²) in [7, 11) is 0. The van der Waals surface area contributed by atoms with Gasteiger partial charge in [-0.2, -0.15) is 0 Å². The standard InChI is InChI=1S/C19H27N3O2/c1-4-5-6-7-8-9-18(23)20-16-10-12-17(13-11-16)22-19(24)14(2)15(3)21-22/h10-13,21H,4-9H2,1-3H3,(H,20,23). The van der Waals surface area contributed by atoms with Crippen LogP contribution in [0.5, 0.6) is 0 Å². The molecule has 0 radical (unpaired) electrons. The van der Waals surface area contributed by atoms with Gasteiger partial charge in [0.25, 0.3) is 5.56 Å². The molecule has 0 unspecified atom stereocenters. The molecule has 0 aliphatic heterocycles. The van der Waals surface area contributed by atoms with Crippen molar-refractivity contribution in [3.8, 4) is 5.69 Å². The number of aromatic nitrogens is 2. The molecule has 2 rings (SSSR count). The minimum atomic E-state index is -0.0450. The Morgan fingerprint density at radius 1 is 1.08 bits per heavy atom. The number of nitrogens with one attached hydrogen (secondary N) is 2. The van der Waals surface area contributed by atoms with Crippen LogP contribution in [0.2, 0.25) is 0 Å². The minimum Gasteiger partial charge on any atom is -0.326 e. The molecule has 1 aromatic carbocycles. The number of carbonyl (C=O) groups is 1. The Morgan fingerprint density at radius 3 is 2.33 bits per heavy atom. The maximum atomic E-state index is 12.1. The molecule has 2 aromatic rings. The van der Waals surface area contributed by atoms with Gasteiger partial charge in [0.1, 0.15) is 0 Å². The highest BCUT2D eigenvalue weighted by Gasteiger charge is 2.08. The molecule has 0 bridgehead atoms. The van der Waals surface area contributed by atoms with Gasteiger partial charge in [0.15, 0.2) is 0 Å². The van der Waals surface area contributed by atoms with E-state index < -0.39 is 0 Å². The van der Waals surface area contributed by atoms with Crippen LogP contribution in [0.3, 0.4) is 0 Å². The van der Waals surface area contributed by atoms with Gasteiger partial charge in [0, 0.05) is 23.4 Å². The fraction of sp³-hybridized carbons (Fsp3) is 0.474. The summed E-state index contributed by atoms with van der Waals surface area (Å²) in [5.74, 6) is 0.0444. The van der Waals surface area contributed by atoms with Crippen LogP contribution in [-0.2, 0) is 4.79 Å². The molecular weight excluding hydrogens is 302 g/mol. The number of anilines is 1. The third-order valence-electron chi connectivity index (χ3n) is 4.28. The highest BCUT2D eigenvalue weighted by Crippen LogP contribution is 2.14. The van der Waals surface area contributed by atoms with Crippen molar-refractivity contribution in [1.29, 1.82) is 0 Å². The molecule has 24 heavy (non-hydrogen) atoms. The van der Waals surface area contributed by atoms with E-state index in [0.717, 1.165) is 35.5 Å². The van der Waals surface area contributed by atoms with Crippen molar-refractivity contribution in [3.63, 3.8) is 0 Å². The van der Waals surface area contributed by atoms with E-state index in [4.69, 9.17) is 0 Å². The number of hydrogen-bond donors (Lipinski definition) is 2. The number of hydrogen-bond acceptors (Lipinski definition) is 2. The van der Waals surface area contributed by atoms with Crippen molar-refractivity contribution in [3.05, 3.63) is 45.9 Å². The van der Waals surface area contributed by atoms with Crippen molar-refractivity contribution >= 4 is 11.6 Å². The van der Waals surface area contributed by atoms with Gasteiger partial charge in [0.05, 0.1) is 5.69 Å². The molecule has 1 heterocycles. The van der Waals surface area contributed by atoms with Crippen LogP contribution in [-0.4, -0.2) is 15.7 Å². The molecular formula is C19H27N3O2. The smallest absolute Gasteiger partial charge is 0.274 e. The summed E-state index contributed by atoms with van der Waals surface area (Å²) in [4.78, 5) is 24.0. The zero-order valence-corrected chi connectivity index (χ0v) is 14.8. The number of amides is 1. The molecule has 0 fully saturated rings. The molecule has 5 nitrogen and oxygen atoms in total. The summed E-state index contributed by atoms with van der Waals surface area (Å²) in [5.41, 5.74) is 3.05. The monoisotopic (exact) mass is 329 g/mol. The Morgan fingerprint density at radius 2 is 1.75 bits per heavy atom. The molecule has 2 N–H and O–H groups in total. The number of aryl methyl sites for hydroxylation is 1. The van der Waals surface area contributed by atoms with E-state index in [2.05, 4.69) is 17.3 Å². The highest BCUT2D eigenvalue weighted by molar-refractivity contribution is 5.90. The van der Waals surface area contributed by atoms with Crippen LogP contribution in [0, 0.1) is 13.8 Å². The molecule has 1 amide bonds. The first kappa shape index (κ1) is 18.0. The number of benzene rings is 1. The van der Waals surface area contributed by atoms with E-state index >= 15 is 0 Å². The number of rotatable bonds is 8. The summed E-state index contributed by atoms with van der Waals surface area (Å²) >= 11 is 0. The normalized spacial score (nSPS) is 10.8. The predicted molar refractivity (Wildman–Crippen MR) is 97.9 cm³/mol. The Kier molecular flexibility index (Phi) is 6.41. The molecule has 0 aliphatic rings. The molecule has 130 valence electrons. The van der Waals surface area contributed by atoms with Crippen LogP contribution in [0.15, 0.2) is 29.1 Å². The van der Waals surface area contributed by atoms with E-state index in [1.807, 2.05) is 31.2 Å². The maximum Gasteiger partial charge on any atom is 0.274 e. The summed E-state index contributed by atoms with van der Waals surface area (Å²) in [5, 5.41) is 5.96. The second kappa shape index (κ2) is 8.52. The average Bonchev–Trinajstić information content (AvgIpc) is 2.83. The maximum absolute atomic E-state index is 12.1. The summed E-state index contributed by atoms with van der Waals surface area (Å²) < 4.78 is 1.52. The van der Waals surface area contributed by atoms with Gasteiger partial charge in [0.2, 0.25) is 5.91 Å². The minimum absolute atomic E-state index is 0.0444. The van der Waals surface area contributed by atoms with E-state index in [9.17, 15) is 9.59 Å². The van der Waals surface area contributed by atoms with Crippen LogP contribution in [0.4, 0.5) is 5.69 Å². The third kappa shape index (κ3) is 4.60. The molecule has 0 atom stereocenters. The first-order chi connectivity index (χ1) is 11.5. The van der Waals surface area contributed by atoms with Crippen LogP contribution >= 0.6 is 0 Å². The van der Waals surface area contributed by atoms with Crippen LogP contribution in [0.1, 0.15) is 56.7 Å². The highest BCUT2D eigenvalue weighted by atomic mass is 16.1. The number of H-pyrrole nitrogens is 1. The predicted octanol–water partition coefficient (Wildman–Crippen LogP) is 4.08. The molecule has 0 saturated carbocycles. The number of nitrogens with zero attached hydrogens (tertiary/aromatic N) is 1. The molecule has 5 heteroatoms. The van der Waals surface area contributed by atoms with E-state index in [1.54, 1.807) is 6.92 Å². The van der Waals surface area contributed by atoms with Gasteiger partial charge < -0.3 is 5.32 Å². The average molecular weight is 329 g/mol. The second-order valence-corrected chi connectivity index (χ2v) is 6.26. The molecule has 0 saturated heterocycles. The Bertz CT molecular complexity index is 726. The quantitative estimate of drug-likeness (QED) is 0.717. The molecule has 0 spiro atoms. The first-order valence-electron chi connectivity index (χ1n) is 8.71. The molecule has 1 aromatic heterocycles. The zero-order valence-electron chi connectivity index (χ0n) is 14.8. The van der Waals surface area contributed by atoms with Gasteiger partial charge in [-0.3, -0.25) is 14.7 Å². The Labute approximate surface area is 143 Å². The third-order valence-corrected chi connectivity index (χ3v) is 4.28. The van der Waals surface area contributed by atoms with E-state index in [-0.39, 0.29) is 11.5 Å². The largest absolute Gasteiger partial charge is 0.326 e. The lowest BCUT2D eigenvalue weighted by Crippen LogP contribution is -2.16.